The third-order valence-corrected chi connectivity index (χ3v) is 4.98. The topological polar surface area (TPSA) is 12.0 Å². The lowest BCUT2D eigenvalue weighted by atomic mass is 9.70. The van der Waals surface area contributed by atoms with Crippen molar-refractivity contribution >= 4 is 0 Å². The lowest BCUT2D eigenvalue weighted by Gasteiger charge is -2.38. The van der Waals surface area contributed by atoms with Gasteiger partial charge in [0, 0.05) is 5.54 Å². The summed E-state index contributed by atoms with van der Waals surface area (Å²) in [5, 5.41) is 3.75. The minimum absolute atomic E-state index is 0.286. The molecule has 0 aromatic heterocycles. The van der Waals surface area contributed by atoms with Crippen LogP contribution in [0.2, 0.25) is 0 Å². The number of nitrogens with one attached hydrogen (secondary N) is 1. The molecule has 2 aliphatic rings. The lowest BCUT2D eigenvalue weighted by molar-refractivity contribution is 0.142. The summed E-state index contributed by atoms with van der Waals surface area (Å²) in [4.78, 5) is 0. The smallest absolute Gasteiger partial charge is 0.00966 e. The van der Waals surface area contributed by atoms with Gasteiger partial charge in [0.25, 0.3) is 0 Å². The molecule has 2 fully saturated rings. The summed E-state index contributed by atoms with van der Waals surface area (Å²) in [7, 11) is 0. The molecule has 18 heavy (non-hydrogen) atoms. The zero-order valence-corrected chi connectivity index (χ0v) is 13.0. The summed E-state index contributed by atoms with van der Waals surface area (Å²) < 4.78 is 0. The van der Waals surface area contributed by atoms with Gasteiger partial charge in [-0.15, -0.1) is 0 Å². The van der Waals surface area contributed by atoms with E-state index in [1.807, 2.05) is 0 Å². The fourth-order valence-corrected chi connectivity index (χ4v) is 3.82. The maximum absolute atomic E-state index is 3.75. The summed E-state index contributed by atoms with van der Waals surface area (Å²) in [6.07, 6.45) is 10.4. The zero-order valence-electron chi connectivity index (χ0n) is 13.0. The Morgan fingerprint density at radius 3 is 2.33 bits per heavy atom. The molecule has 0 bridgehead atoms. The molecule has 1 N–H and O–H groups in total. The standard InChI is InChI=1S/C17H33N/c1-5-6-13-7-8-15(12-18-17(2,3)4)16(11-13)14-9-10-14/h13-16,18H,5-12H2,1-4H3. The molecule has 1 heteroatoms. The van der Waals surface area contributed by atoms with Crippen LogP contribution in [-0.2, 0) is 0 Å². The molecule has 0 aliphatic heterocycles. The first-order chi connectivity index (χ1) is 8.49. The molecule has 0 spiro atoms. The second kappa shape index (κ2) is 5.94. The molecule has 3 atom stereocenters. The van der Waals surface area contributed by atoms with Crippen molar-refractivity contribution < 1.29 is 0 Å². The molecule has 0 amide bonds. The first-order valence-electron chi connectivity index (χ1n) is 8.24. The minimum Gasteiger partial charge on any atom is -0.312 e. The van der Waals surface area contributed by atoms with E-state index >= 15 is 0 Å². The molecule has 3 unspecified atom stereocenters. The molecule has 2 saturated carbocycles. The third-order valence-electron chi connectivity index (χ3n) is 4.98. The van der Waals surface area contributed by atoms with Crippen LogP contribution >= 0.6 is 0 Å². The first kappa shape index (κ1) is 14.4. The molecule has 0 aromatic rings. The van der Waals surface area contributed by atoms with E-state index in [-0.39, 0.29) is 5.54 Å². The van der Waals surface area contributed by atoms with Gasteiger partial charge < -0.3 is 5.32 Å². The largest absolute Gasteiger partial charge is 0.312 e. The van der Waals surface area contributed by atoms with E-state index < -0.39 is 0 Å². The maximum atomic E-state index is 3.75. The molecule has 0 heterocycles. The SMILES string of the molecule is CCCC1CCC(CNC(C)(C)C)C(C2CC2)C1. The van der Waals surface area contributed by atoms with E-state index in [0.717, 1.165) is 23.7 Å². The van der Waals surface area contributed by atoms with Crippen LogP contribution in [0.15, 0.2) is 0 Å². The fourth-order valence-electron chi connectivity index (χ4n) is 3.82. The van der Waals surface area contributed by atoms with Crippen LogP contribution in [0.3, 0.4) is 0 Å². The van der Waals surface area contributed by atoms with Crippen LogP contribution in [0.5, 0.6) is 0 Å². The predicted octanol–water partition coefficient (Wildman–Crippen LogP) is 4.62. The Hall–Kier alpha value is -0.0400. The van der Waals surface area contributed by atoms with Crippen molar-refractivity contribution in [1.29, 1.82) is 0 Å². The Labute approximate surface area is 114 Å². The van der Waals surface area contributed by atoms with Crippen molar-refractivity contribution in [3.8, 4) is 0 Å². The average Bonchev–Trinajstić information content (AvgIpc) is 3.10. The fraction of sp³-hybridized carbons (Fsp3) is 1.00. The van der Waals surface area contributed by atoms with E-state index in [0.29, 0.717) is 0 Å². The number of hydrogen-bond acceptors (Lipinski definition) is 1. The minimum atomic E-state index is 0.286. The van der Waals surface area contributed by atoms with Crippen LogP contribution in [-0.4, -0.2) is 12.1 Å². The normalized spacial score (nSPS) is 33.7. The van der Waals surface area contributed by atoms with Gasteiger partial charge in [-0.2, -0.15) is 0 Å². The van der Waals surface area contributed by atoms with E-state index in [4.69, 9.17) is 0 Å². The highest BCUT2D eigenvalue weighted by atomic mass is 14.9. The molecular weight excluding hydrogens is 218 g/mol. The van der Waals surface area contributed by atoms with Crippen LogP contribution in [0.1, 0.15) is 72.6 Å². The van der Waals surface area contributed by atoms with E-state index in [1.54, 1.807) is 0 Å². The van der Waals surface area contributed by atoms with Gasteiger partial charge in [-0.1, -0.05) is 26.2 Å². The molecule has 106 valence electrons. The second-order valence-electron chi connectivity index (χ2n) is 7.86. The lowest BCUT2D eigenvalue weighted by Crippen LogP contribution is -2.42. The van der Waals surface area contributed by atoms with Crippen LogP contribution < -0.4 is 5.32 Å². The molecule has 0 saturated heterocycles. The maximum Gasteiger partial charge on any atom is 0.00966 e. The van der Waals surface area contributed by atoms with Gasteiger partial charge in [-0.25, -0.2) is 0 Å². The van der Waals surface area contributed by atoms with Crippen molar-refractivity contribution in [1.82, 2.24) is 5.32 Å². The van der Waals surface area contributed by atoms with Gasteiger partial charge in [0.2, 0.25) is 0 Å². The number of hydrogen-bond donors (Lipinski definition) is 1. The van der Waals surface area contributed by atoms with Gasteiger partial charge >= 0.3 is 0 Å². The highest BCUT2D eigenvalue weighted by molar-refractivity contribution is 4.91. The Balaban J connectivity index is 1.85. The van der Waals surface area contributed by atoms with Gasteiger partial charge in [-0.3, -0.25) is 0 Å². The predicted molar refractivity (Wildman–Crippen MR) is 79.7 cm³/mol. The van der Waals surface area contributed by atoms with E-state index in [9.17, 15) is 0 Å². The van der Waals surface area contributed by atoms with Crippen LogP contribution in [0.4, 0.5) is 0 Å². The quantitative estimate of drug-likeness (QED) is 0.752. The highest BCUT2D eigenvalue weighted by Crippen LogP contribution is 2.48. The Morgan fingerprint density at radius 2 is 1.78 bits per heavy atom. The first-order valence-corrected chi connectivity index (χ1v) is 8.24. The third kappa shape index (κ3) is 4.26. The van der Waals surface area contributed by atoms with Crippen molar-refractivity contribution in [3.05, 3.63) is 0 Å². The number of rotatable bonds is 5. The van der Waals surface area contributed by atoms with E-state index in [2.05, 4.69) is 33.0 Å². The molecule has 0 aromatic carbocycles. The highest BCUT2D eigenvalue weighted by Gasteiger charge is 2.40. The molecule has 2 rings (SSSR count). The Kier molecular flexibility index (Phi) is 4.75. The van der Waals surface area contributed by atoms with Crippen molar-refractivity contribution in [3.63, 3.8) is 0 Å². The van der Waals surface area contributed by atoms with Gasteiger partial charge in [0.05, 0.1) is 0 Å². The second-order valence-corrected chi connectivity index (χ2v) is 7.86. The van der Waals surface area contributed by atoms with Crippen molar-refractivity contribution in [2.75, 3.05) is 6.54 Å². The summed E-state index contributed by atoms with van der Waals surface area (Å²) in [5.74, 6) is 4.15. The summed E-state index contributed by atoms with van der Waals surface area (Å²) in [5.41, 5.74) is 0.286. The van der Waals surface area contributed by atoms with Gasteiger partial charge in [-0.05, 0) is 76.7 Å². The van der Waals surface area contributed by atoms with Crippen LogP contribution in [0.25, 0.3) is 0 Å². The molecule has 1 nitrogen and oxygen atoms in total. The van der Waals surface area contributed by atoms with Crippen molar-refractivity contribution in [2.24, 2.45) is 23.7 Å². The van der Waals surface area contributed by atoms with Crippen LogP contribution in [0, 0.1) is 23.7 Å². The van der Waals surface area contributed by atoms with Gasteiger partial charge in [0.1, 0.15) is 0 Å². The molecule has 0 radical (unpaired) electrons. The van der Waals surface area contributed by atoms with Crippen molar-refractivity contribution in [2.45, 2.75) is 78.2 Å². The van der Waals surface area contributed by atoms with E-state index in [1.165, 1.54) is 51.5 Å². The molecule has 2 aliphatic carbocycles. The Bertz CT molecular complexity index is 249. The average molecular weight is 251 g/mol. The zero-order chi connectivity index (χ0) is 13.2. The Morgan fingerprint density at radius 1 is 1.06 bits per heavy atom. The monoisotopic (exact) mass is 251 g/mol. The summed E-state index contributed by atoms with van der Waals surface area (Å²) in [6, 6.07) is 0. The summed E-state index contributed by atoms with van der Waals surface area (Å²) >= 11 is 0. The van der Waals surface area contributed by atoms with Gasteiger partial charge in [0.15, 0.2) is 0 Å². The summed E-state index contributed by atoms with van der Waals surface area (Å²) in [6.45, 7) is 10.5. The molecular formula is C17H33N.